The van der Waals surface area contributed by atoms with Crippen molar-refractivity contribution in [3.8, 4) is 0 Å². The molecule has 1 aromatic rings. The van der Waals surface area contributed by atoms with Crippen LogP contribution in [0, 0.1) is 11.6 Å². The van der Waals surface area contributed by atoms with Gasteiger partial charge in [-0.25, -0.2) is 17.6 Å². The van der Waals surface area contributed by atoms with E-state index in [2.05, 4.69) is 0 Å². The summed E-state index contributed by atoms with van der Waals surface area (Å²) in [5.74, 6) is -5.72. The molecule has 0 amide bonds. The molecule has 0 heterocycles. The lowest BCUT2D eigenvalue weighted by Gasteiger charge is -2.15. The molecule has 0 saturated heterocycles. The lowest BCUT2D eigenvalue weighted by atomic mass is 10.2. The average Bonchev–Trinajstić information content (AvgIpc) is 2.22. The van der Waals surface area contributed by atoms with Crippen LogP contribution in [0.5, 0.6) is 0 Å². The van der Waals surface area contributed by atoms with Crippen molar-refractivity contribution in [2.45, 2.75) is 18.9 Å². The van der Waals surface area contributed by atoms with E-state index in [1.165, 1.54) is 0 Å². The highest BCUT2D eigenvalue weighted by Gasteiger charge is 2.39. The van der Waals surface area contributed by atoms with E-state index < -0.39 is 37.1 Å². The lowest BCUT2D eigenvalue weighted by Crippen LogP contribution is -2.38. The first-order chi connectivity index (χ1) is 7.83. The van der Waals surface area contributed by atoms with E-state index in [9.17, 15) is 26.3 Å². The Morgan fingerprint density at radius 2 is 1.82 bits per heavy atom. The molecule has 96 valence electrons. The molecule has 0 saturated carbocycles. The van der Waals surface area contributed by atoms with Crippen LogP contribution in [-0.2, 0) is 6.54 Å². The molecule has 0 fully saturated rings. The molecular weight excluding hydrogens is 248 g/mol. The third-order valence-electron chi connectivity index (χ3n) is 2.00. The van der Waals surface area contributed by atoms with E-state index in [0.717, 1.165) is 18.2 Å². The van der Waals surface area contributed by atoms with Gasteiger partial charge in [0.05, 0.1) is 6.54 Å². The second kappa shape index (κ2) is 5.39. The maximum atomic E-state index is 13.0. The summed E-state index contributed by atoms with van der Waals surface area (Å²) >= 11 is 0. The number of nitrogens with one attached hydrogen (secondary N) is 1. The van der Waals surface area contributed by atoms with Crippen molar-refractivity contribution in [3.05, 3.63) is 35.4 Å². The number of halogens is 6. The predicted molar refractivity (Wildman–Crippen MR) is 49.0 cm³/mol. The number of hydrogen-bond donors (Lipinski definition) is 1. The van der Waals surface area contributed by atoms with Crippen LogP contribution < -0.4 is 5.32 Å². The standard InChI is InChI=1S/C10H9F6N/c11-7-1-2-8(12)6(3-7)4-17-5-10(15,16)9(13)14/h1-3,9,17H,4-5H2. The summed E-state index contributed by atoms with van der Waals surface area (Å²) in [5.41, 5.74) is -0.199. The fraction of sp³-hybridized carbons (Fsp3) is 0.400. The van der Waals surface area contributed by atoms with Crippen molar-refractivity contribution < 1.29 is 26.3 Å². The summed E-state index contributed by atoms with van der Waals surface area (Å²) in [4.78, 5) is 0. The smallest absolute Gasteiger partial charge is 0.307 e. The van der Waals surface area contributed by atoms with Crippen molar-refractivity contribution in [1.82, 2.24) is 5.32 Å². The minimum atomic E-state index is -4.19. The van der Waals surface area contributed by atoms with E-state index >= 15 is 0 Å². The number of rotatable bonds is 5. The number of alkyl halides is 4. The van der Waals surface area contributed by atoms with Gasteiger partial charge in [-0.1, -0.05) is 0 Å². The summed E-state index contributed by atoms with van der Waals surface area (Å²) < 4.78 is 74.1. The molecule has 1 rings (SSSR count). The summed E-state index contributed by atoms with van der Waals surface area (Å²) in [7, 11) is 0. The van der Waals surface area contributed by atoms with Gasteiger partial charge in [0.25, 0.3) is 0 Å². The molecule has 0 bridgehead atoms. The average molecular weight is 257 g/mol. The summed E-state index contributed by atoms with van der Waals surface area (Å²) in [5, 5.41) is 1.95. The zero-order chi connectivity index (χ0) is 13.1. The first-order valence-corrected chi connectivity index (χ1v) is 4.63. The normalized spacial score (nSPS) is 12.2. The Morgan fingerprint density at radius 3 is 2.41 bits per heavy atom. The molecule has 17 heavy (non-hydrogen) atoms. The maximum absolute atomic E-state index is 13.0. The van der Waals surface area contributed by atoms with Gasteiger partial charge >= 0.3 is 12.3 Å². The van der Waals surface area contributed by atoms with E-state index in [0.29, 0.717) is 0 Å². The zero-order valence-electron chi connectivity index (χ0n) is 8.49. The fourth-order valence-corrected chi connectivity index (χ4v) is 1.12. The van der Waals surface area contributed by atoms with Gasteiger partial charge in [0, 0.05) is 12.1 Å². The van der Waals surface area contributed by atoms with Gasteiger partial charge in [-0.2, -0.15) is 8.78 Å². The van der Waals surface area contributed by atoms with Crippen molar-refractivity contribution in [3.63, 3.8) is 0 Å². The van der Waals surface area contributed by atoms with Crippen molar-refractivity contribution in [1.29, 1.82) is 0 Å². The summed E-state index contributed by atoms with van der Waals surface area (Å²) in [6.45, 7) is -1.76. The van der Waals surface area contributed by atoms with Crippen LogP contribution in [0.2, 0.25) is 0 Å². The van der Waals surface area contributed by atoms with Gasteiger partial charge in [0.1, 0.15) is 11.6 Å². The molecule has 0 unspecified atom stereocenters. The van der Waals surface area contributed by atoms with Crippen LogP contribution in [0.1, 0.15) is 5.56 Å². The van der Waals surface area contributed by atoms with Crippen LogP contribution in [0.4, 0.5) is 26.3 Å². The van der Waals surface area contributed by atoms with Gasteiger partial charge in [-0.15, -0.1) is 0 Å². The molecule has 1 nitrogen and oxygen atoms in total. The van der Waals surface area contributed by atoms with Gasteiger partial charge in [-0.05, 0) is 18.2 Å². The molecule has 0 aliphatic carbocycles. The molecule has 1 N–H and O–H groups in total. The molecule has 1 aromatic carbocycles. The SMILES string of the molecule is Fc1ccc(F)c(CNCC(F)(F)C(F)F)c1. The van der Waals surface area contributed by atoms with E-state index in [4.69, 9.17) is 0 Å². The van der Waals surface area contributed by atoms with Gasteiger partial charge < -0.3 is 5.32 Å². The topological polar surface area (TPSA) is 12.0 Å². The van der Waals surface area contributed by atoms with Gasteiger partial charge in [0.15, 0.2) is 0 Å². The minimum absolute atomic E-state index is 0.199. The van der Waals surface area contributed by atoms with E-state index in [-0.39, 0.29) is 5.56 Å². The Kier molecular flexibility index (Phi) is 4.39. The number of hydrogen-bond acceptors (Lipinski definition) is 1. The summed E-state index contributed by atoms with van der Waals surface area (Å²) in [6.07, 6.45) is -3.80. The van der Waals surface area contributed by atoms with Gasteiger partial charge in [-0.3, -0.25) is 0 Å². The molecule has 7 heteroatoms. The van der Waals surface area contributed by atoms with Crippen molar-refractivity contribution in [2.75, 3.05) is 6.54 Å². The fourth-order valence-electron chi connectivity index (χ4n) is 1.12. The third-order valence-corrected chi connectivity index (χ3v) is 2.00. The van der Waals surface area contributed by atoms with Gasteiger partial charge in [0.2, 0.25) is 0 Å². The van der Waals surface area contributed by atoms with Crippen LogP contribution in [-0.4, -0.2) is 18.9 Å². The van der Waals surface area contributed by atoms with Crippen LogP contribution >= 0.6 is 0 Å². The minimum Gasteiger partial charge on any atom is -0.307 e. The Bertz CT molecular complexity index is 379. The largest absolute Gasteiger partial charge is 0.319 e. The monoisotopic (exact) mass is 257 g/mol. The first-order valence-electron chi connectivity index (χ1n) is 4.63. The zero-order valence-corrected chi connectivity index (χ0v) is 8.49. The predicted octanol–water partition coefficient (Wildman–Crippen LogP) is 2.95. The molecule has 0 aliphatic heterocycles. The molecule has 0 radical (unpaired) electrons. The second-order valence-electron chi connectivity index (χ2n) is 3.40. The molecule has 0 aromatic heterocycles. The van der Waals surface area contributed by atoms with Crippen LogP contribution in [0.25, 0.3) is 0 Å². The quantitative estimate of drug-likeness (QED) is 0.800. The summed E-state index contributed by atoms with van der Waals surface area (Å²) in [6, 6.07) is 2.51. The Hall–Kier alpha value is -1.24. The van der Waals surface area contributed by atoms with Crippen LogP contribution in [0.15, 0.2) is 18.2 Å². The highest BCUT2D eigenvalue weighted by Crippen LogP contribution is 2.21. The molecule has 0 spiro atoms. The second-order valence-corrected chi connectivity index (χ2v) is 3.40. The Labute approximate surface area is 93.4 Å². The van der Waals surface area contributed by atoms with Crippen molar-refractivity contribution in [2.24, 2.45) is 0 Å². The third kappa shape index (κ3) is 3.92. The maximum Gasteiger partial charge on any atom is 0.319 e. The molecule has 0 atom stereocenters. The number of benzene rings is 1. The highest BCUT2D eigenvalue weighted by atomic mass is 19.3. The van der Waals surface area contributed by atoms with Crippen molar-refractivity contribution >= 4 is 0 Å². The Morgan fingerprint density at radius 1 is 1.18 bits per heavy atom. The molecule has 0 aliphatic rings. The first kappa shape index (κ1) is 13.8. The van der Waals surface area contributed by atoms with E-state index in [1.54, 1.807) is 0 Å². The van der Waals surface area contributed by atoms with E-state index in [1.807, 2.05) is 5.32 Å². The molecular formula is C10H9F6N. The lowest BCUT2D eigenvalue weighted by molar-refractivity contribution is -0.125. The Balaban J connectivity index is 2.54. The highest BCUT2D eigenvalue weighted by molar-refractivity contribution is 5.18. The van der Waals surface area contributed by atoms with Crippen LogP contribution in [0.3, 0.4) is 0 Å².